The number of benzene rings is 11. The number of aromatic nitrogens is 1. The van der Waals surface area contributed by atoms with E-state index in [-0.39, 0.29) is 17.9 Å². The fourth-order valence-electron chi connectivity index (χ4n) is 11.9. The lowest BCUT2D eigenvalue weighted by Crippen LogP contribution is -2.20. The van der Waals surface area contributed by atoms with Crippen LogP contribution in [0.2, 0.25) is 0 Å². The Kier molecular flexibility index (Phi) is 8.42. The highest BCUT2D eigenvalue weighted by atomic mass is 32.1. The number of rotatable bonds is 4. The summed E-state index contributed by atoms with van der Waals surface area (Å²) in [5.41, 5.74) is 8.87. The first kappa shape index (κ1) is 37.8. The largest absolute Gasteiger partial charge is 0.309 e. The quantitative estimate of drug-likeness (QED) is 0.157. The third-order valence-corrected chi connectivity index (χ3v) is 16.1. The maximum atomic E-state index is 6.11. The summed E-state index contributed by atoms with van der Waals surface area (Å²) in [5.74, 6) is 0.283. The normalized spacial score (nSPS) is 17.0. The average molecular weight is 861 g/mol. The summed E-state index contributed by atoms with van der Waals surface area (Å²) < 4.78 is 5.20. The van der Waals surface area contributed by atoms with Crippen LogP contribution in [-0.4, -0.2) is 10.3 Å². The number of para-hydroxylation sites is 1. The summed E-state index contributed by atoms with van der Waals surface area (Å²) >= 11 is 1.93. The summed E-state index contributed by atoms with van der Waals surface area (Å²) in [6.45, 7) is 2.48. The molecule has 2 aromatic heterocycles. The van der Waals surface area contributed by atoms with E-state index in [4.69, 9.17) is 4.99 Å². The smallest absolute Gasteiger partial charge is 0.0759 e. The van der Waals surface area contributed by atoms with E-state index in [2.05, 4.69) is 218 Å². The van der Waals surface area contributed by atoms with Gasteiger partial charge in [0.05, 0.1) is 17.1 Å². The van der Waals surface area contributed by atoms with Gasteiger partial charge in [-0.05, 0) is 132 Å². The van der Waals surface area contributed by atoms with Gasteiger partial charge in [0.2, 0.25) is 0 Å². The lowest BCUT2D eigenvalue weighted by atomic mass is 9.77. The van der Waals surface area contributed by atoms with Crippen LogP contribution < -0.4 is 0 Å². The van der Waals surface area contributed by atoms with Crippen molar-refractivity contribution in [2.24, 2.45) is 10.9 Å². The van der Waals surface area contributed by atoms with Gasteiger partial charge in [0.1, 0.15) is 0 Å². The van der Waals surface area contributed by atoms with Crippen molar-refractivity contribution >= 4 is 113 Å². The van der Waals surface area contributed by atoms with Crippen molar-refractivity contribution < 1.29 is 0 Å². The number of hydrogen-bond donors (Lipinski definition) is 0. The molecule has 0 spiro atoms. The molecule has 312 valence electrons. The van der Waals surface area contributed by atoms with E-state index in [9.17, 15) is 0 Å². The van der Waals surface area contributed by atoms with Gasteiger partial charge in [-0.15, -0.1) is 11.3 Å². The van der Waals surface area contributed by atoms with Crippen LogP contribution in [0.5, 0.6) is 0 Å². The zero-order valence-corrected chi connectivity index (χ0v) is 37.4. The van der Waals surface area contributed by atoms with Gasteiger partial charge in [-0.3, -0.25) is 4.99 Å². The third kappa shape index (κ3) is 5.69. The lowest BCUT2D eigenvalue weighted by Gasteiger charge is -2.27. The van der Waals surface area contributed by atoms with Crippen LogP contribution >= 0.6 is 11.3 Å². The molecule has 1 aliphatic heterocycles. The van der Waals surface area contributed by atoms with Gasteiger partial charge in [0, 0.05) is 53.8 Å². The summed E-state index contributed by atoms with van der Waals surface area (Å²) in [7, 11) is 0. The van der Waals surface area contributed by atoms with E-state index in [0.717, 1.165) is 12.8 Å². The van der Waals surface area contributed by atoms with Crippen molar-refractivity contribution in [2.45, 2.75) is 31.7 Å². The van der Waals surface area contributed by atoms with Crippen LogP contribution in [-0.2, 0) is 0 Å². The van der Waals surface area contributed by atoms with Crippen molar-refractivity contribution in [2.75, 3.05) is 0 Å². The minimum absolute atomic E-state index is 0.0318. The maximum absolute atomic E-state index is 6.11. The molecule has 0 saturated heterocycles. The van der Waals surface area contributed by atoms with Gasteiger partial charge in [-0.25, -0.2) is 0 Å². The number of aliphatic imine (C=N–C) groups is 1. The highest BCUT2D eigenvalue weighted by Crippen LogP contribution is 2.49. The first-order valence-corrected chi connectivity index (χ1v) is 24.2. The molecule has 1 aliphatic rings. The average Bonchev–Trinajstić information content (AvgIpc) is 3.85. The molecule has 0 radical (unpaired) electrons. The number of thiophene rings is 1. The Bertz CT molecular complexity index is 4170. The Morgan fingerprint density at radius 3 is 1.76 bits per heavy atom. The van der Waals surface area contributed by atoms with E-state index >= 15 is 0 Å². The molecule has 0 N–H and O–H groups in total. The fourth-order valence-corrected chi connectivity index (χ4v) is 13.1. The molecule has 0 bridgehead atoms. The Morgan fingerprint density at radius 2 is 1.00 bits per heavy atom. The molecule has 0 saturated carbocycles. The molecule has 13 aromatic rings. The topological polar surface area (TPSA) is 17.3 Å². The van der Waals surface area contributed by atoms with Crippen LogP contribution in [0.25, 0.3) is 102 Å². The monoisotopic (exact) mass is 860 g/mol. The molecule has 66 heavy (non-hydrogen) atoms. The predicted octanol–water partition coefficient (Wildman–Crippen LogP) is 17.7. The molecule has 14 rings (SSSR count). The number of fused-ring (bicyclic) bond motifs is 13. The third-order valence-electron chi connectivity index (χ3n) is 15.0. The van der Waals surface area contributed by atoms with Crippen LogP contribution in [0, 0.1) is 5.92 Å². The summed E-state index contributed by atoms with van der Waals surface area (Å²) in [5, 5.41) is 18.1. The first-order chi connectivity index (χ1) is 32.6. The Labute approximate surface area is 386 Å². The predicted molar refractivity (Wildman–Crippen MR) is 285 cm³/mol. The van der Waals surface area contributed by atoms with Crippen molar-refractivity contribution in [3.63, 3.8) is 0 Å². The van der Waals surface area contributed by atoms with Gasteiger partial charge in [0.15, 0.2) is 0 Å². The second-order valence-corrected chi connectivity index (χ2v) is 19.6. The van der Waals surface area contributed by atoms with E-state index in [1.165, 1.54) is 124 Å². The summed E-state index contributed by atoms with van der Waals surface area (Å²) in [4.78, 5) is 6.11. The molecule has 3 atom stereocenters. The Morgan fingerprint density at radius 1 is 0.424 bits per heavy atom. The standard InChI is InChI=1S/C63H44N2S/c1-38-44(55-36-43(37-61-62(55)52-27-13-15-29-60(52)66-61)65-58-28-14-12-26-51(58)54-32-39-16-2-3-17-40(39)35-59(54)65)30-31-57(53-33-41-18-4-6-20-45(41)47-22-8-10-24-49(47)53)64-63(38)56-34-42-19-5-7-21-46(42)48-23-9-11-25-50(48)56/h2-29,32-38,44,57H,30-31H2,1H3/t38-,44?,57?/m0/s1. The second kappa shape index (κ2) is 14.7. The molecule has 2 nitrogen and oxygen atoms in total. The fraction of sp³-hybridized carbons (Fsp3) is 0.0952. The Hall–Kier alpha value is -7.59. The zero-order chi connectivity index (χ0) is 43.5. The first-order valence-electron chi connectivity index (χ1n) is 23.4. The second-order valence-electron chi connectivity index (χ2n) is 18.5. The summed E-state index contributed by atoms with van der Waals surface area (Å²) in [6.07, 6.45) is 1.92. The van der Waals surface area contributed by atoms with E-state index in [1.807, 2.05) is 11.3 Å². The van der Waals surface area contributed by atoms with Crippen LogP contribution in [0.4, 0.5) is 0 Å². The van der Waals surface area contributed by atoms with Crippen molar-refractivity contribution in [1.82, 2.24) is 4.57 Å². The summed E-state index contributed by atoms with van der Waals surface area (Å²) in [6, 6.07) is 77.3. The Balaban J connectivity index is 1.05. The molecule has 0 aliphatic carbocycles. The lowest BCUT2D eigenvalue weighted by molar-refractivity contribution is 0.512. The molecule has 0 fully saturated rings. The van der Waals surface area contributed by atoms with Crippen molar-refractivity contribution in [3.8, 4) is 5.69 Å². The molecule has 3 heteroatoms. The van der Waals surface area contributed by atoms with Gasteiger partial charge in [-0.2, -0.15) is 0 Å². The molecule has 2 unspecified atom stereocenters. The van der Waals surface area contributed by atoms with E-state index < -0.39 is 0 Å². The van der Waals surface area contributed by atoms with Crippen LogP contribution in [0.3, 0.4) is 0 Å². The molecular weight excluding hydrogens is 817 g/mol. The highest BCUT2D eigenvalue weighted by Gasteiger charge is 2.34. The molecular formula is C63H44N2S. The highest BCUT2D eigenvalue weighted by molar-refractivity contribution is 7.25. The van der Waals surface area contributed by atoms with E-state index in [0.29, 0.717) is 0 Å². The molecule has 11 aromatic carbocycles. The SMILES string of the molecule is C[C@@H]1C(c2cc3ccccc3c3ccccc23)=NC(c2cc3ccccc3c3ccccc23)CCC1c1cc(-n2c3ccccc3c3cc4ccccc4cc32)cc2sc3ccccc3c12. The van der Waals surface area contributed by atoms with Gasteiger partial charge < -0.3 is 4.57 Å². The van der Waals surface area contributed by atoms with Gasteiger partial charge in [-0.1, -0.05) is 165 Å². The van der Waals surface area contributed by atoms with Crippen molar-refractivity contribution in [1.29, 1.82) is 0 Å². The minimum atomic E-state index is -0.0318. The maximum Gasteiger partial charge on any atom is 0.0759 e. The molecule has 3 heterocycles. The number of hydrogen-bond acceptors (Lipinski definition) is 2. The molecule has 0 amide bonds. The van der Waals surface area contributed by atoms with Gasteiger partial charge in [0.25, 0.3) is 0 Å². The zero-order valence-electron chi connectivity index (χ0n) is 36.6. The van der Waals surface area contributed by atoms with Crippen LogP contribution in [0.1, 0.15) is 48.4 Å². The number of nitrogens with zero attached hydrogens (tertiary/aromatic N) is 2. The van der Waals surface area contributed by atoms with E-state index in [1.54, 1.807) is 0 Å². The van der Waals surface area contributed by atoms with Crippen LogP contribution in [0.15, 0.2) is 211 Å². The van der Waals surface area contributed by atoms with Gasteiger partial charge >= 0.3 is 0 Å². The van der Waals surface area contributed by atoms with Crippen molar-refractivity contribution in [3.05, 3.63) is 223 Å². The minimum Gasteiger partial charge on any atom is -0.309 e.